The number of hydrogen-bond donors (Lipinski definition) is 0. The van der Waals surface area contributed by atoms with Crippen LogP contribution >= 0.6 is 0 Å². The van der Waals surface area contributed by atoms with Gasteiger partial charge in [-0.05, 0) is 30.0 Å². The van der Waals surface area contributed by atoms with E-state index in [1.165, 1.54) is 30.4 Å². The number of rotatable bonds is 1. The second-order valence-electron chi connectivity index (χ2n) is 6.42. The summed E-state index contributed by atoms with van der Waals surface area (Å²) in [6, 6.07) is 10.1. The van der Waals surface area contributed by atoms with Crippen molar-refractivity contribution in [2.45, 2.75) is 71.1 Å². The first kappa shape index (κ1) is 15.5. The lowest BCUT2D eigenvalue weighted by molar-refractivity contribution is 0.635. The molecule has 1 heteroatoms. The Morgan fingerprint density at radius 1 is 1.17 bits per heavy atom. The van der Waals surface area contributed by atoms with Gasteiger partial charge in [0.05, 0.1) is 8.07 Å². The fourth-order valence-corrected chi connectivity index (χ4v) is 5.31. The minimum absolute atomic E-state index is 0.694. The highest BCUT2D eigenvalue weighted by Crippen LogP contribution is 2.36. The Hall–Kier alpha value is -0.563. The minimum atomic E-state index is -0.694. The number of hydrogen-bond acceptors (Lipinski definition) is 0. The van der Waals surface area contributed by atoms with Gasteiger partial charge >= 0.3 is 0 Å². The molecule has 102 valence electrons. The number of benzene rings is 1. The Morgan fingerprint density at radius 3 is 2.22 bits per heavy atom. The lowest BCUT2D eigenvalue weighted by Crippen LogP contribution is -2.33. The van der Waals surface area contributed by atoms with Crippen LogP contribution in [-0.2, 0) is 6.42 Å². The summed E-state index contributed by atoms with van der Waals surface area (Å²) in [5.41, 5.74) is 3.95. The molecule has 1 aromatic carbocycles. The van der Waals surface area contributed by atoms with Gasteiger partial charge in [0, 0.05) is 0 Å². The third-order valence-electron chi connectivity index (χ3n) is 4.68. The van der Waals surface area contributed by atoms with Crippen molar-refractivity contribution < 1.29 is 0 Å². The molecule has 0 amide bonds. The first-order chi connectivity index (χ1) is 8.47. The Kier molecular flexibility index (Phi) is 6.14. The molecule has 0 saturated carbocycles. The van der Waals surface area contributed by atoms with E-state index >= 15 is 0 Å². The highest BCUT2D eigenvalue weighted by Gasteiger charge is 2.30. The molecule has 1 fully saturated rings. The molecule has 1 heterocycles. The molecule has 1 atom stereocenters. The molecule has 0 spiro atoms. The first-order valence-corrected chi connectivity index (χ1v) is 10.8. The first-order valence-electron chi connectivity index (χ1n) is 7.52. The predicted octanol–water partition coefficient (Wildman–Crippen LogP) is 5.83. The fourth-order valence-electron chi connectivity index (χ4n) is 2.68. The summed E-state index contributed by atoms with van der Waals surface area (Å²) < 4.78 is 0. The average Bonchev–Trinajstić information content (AvgIpc) is 2.34. The van der Waals surface area contributed by atoms with Crippen LogP contribution in [-0.4, -0.2) is 8.07 Å². The summed E-state index contributed by atoms with van der Waals surface area (Å²) in [5.74, 6) is 0. The molecule has 1 aromatic rings. The molecule has 2 rings (SSSR count). The molecular weight excluding hydrogens is 232 g/mol. The van der Waals surface area contributed by atoms with Crippen molar-refractivity contribution in [2.75, 3.05) is 0 Å². The van der Waals surface area contributed by atoms with Crippen LogP contribution < -0.4 is 0 Å². The summed E-state index contributed by atoms with van der Waals surface area (Å²) in [5, 5.41) is 0. The molecular formula is C17H30Si. The number of aryl methyl sites for hydroxylation is 2. The van der Waals surface area contributed by atoms with E-state index in [9.17, 15) is 0 Å². The molecule has 0 N–H and O–H groups in total. The fraction of sp³-hybridized carbons (Fsp3) is 0.647. The van der Waals surface area contributed by atoms with Crippen molar-refractivity contribution in [3.63, 3.8) is 0 Å². The maximum atomic E-state index is 2.54. The van der Waals surface area contributed by atoms with Crippen LogP contribution in [0.2, 0.25) is 24.7 Å². The maximum Gasteiger partial charge on any atom is 0.0502 e. The molecule has 0 bridgehead atoms. The molecule has 0 nitrogen and oxygen atoms in total. The van der Waals surface area contributed by atoms with Gasteiger partial charge in [-0.3, -0.25) is 0 Å². The second kappa shape index (κ2) is 7.13. The van der Waals surface area contributed by atoms with Gasteiger partial charge in [0.2, 0.25) is 0 Å². The molecule has 0 aliphatic carbocycles. The van der Waals surface area contributed by atoms with Crippen LogP contribution in [0.4, 0.5) is 0 Å². The smallest absolute Gasteiger partial charge is 0.0502 e. The van der Waals surface area contributed by atoms with E-state index in [4.69, 9.17) is 0 Å². The molecule has 0 aromatic heterocycles. The van der Waals surface area contributed by atoms with Crippen LogP contribution in [0, 0.1) is 6.92 Å². The van der Waals surface area contributed by atoms with Crippen molar-refractivity contribution in [2.24, 2.45) is 0 Å². The predicted molar refractivity (Wildman–Crippen MR) is 86.1 cm³/mol. The quantitative estimate of drug-likeness (QED) is 0.559. The average molecular weight is 263 g/mol. The van der Waals surface area contributed by atoms with Gasteiger partial charge in [-0.2, -0.15) is 0 Å². The summed E-state index contributed by atoms with van der Waals surface area (Å²) >= 11 is 0. The van der Waals surface area contributed by atoms with Gasteiger partial charge in [0.15, 0.2) is 0 Å². The summed E-state index contributed by atoms with van der Waals surface area (Å²) in [6.45, 7) is 11.9. The standard InChI is InChI=1S/C9H12.C8H18Si/c1-3-9-7-5-4-6-8(9)2;1-8-6-4-5-7-9(8,2)3/h4-7H,3H2,1-2H3;8H,4-7H2,1-3H3. The largest absolute Gasteiger partial charge is 0.0692 e. The zero-order valence-corrected chi connectivity index (χ0v) is 13.9. The topological polar surface area (TPSA) is 0 Å². The molecule has 18 heavy (non-hydrogen) atoms. The molecule has 0 radical (unpaired) electrons. The summed E-state index contributed by atoms with van der Waals surface area (Å²) in [6.07, 6.45) is 5.67. The highest BCUT2D eigenvalue weighted by atomic mass is 28.3. The van der Waals surface area contributed by atoms with Crippen LogP contribution in [0.15, 0.2) is 24.3 Å². The molecule has 1 aliphatic rings. The Balaban J connectivity index is 0.000000180. The van der Waals surface area contributed by atoms with E-state index in [1.54, 1.807) is 6.04 Å². The molecule has 1 saturated heterocycles. The Morgan fingerprint density at radius 2 is 1.83 bits per heavy atom. The van der Waals surface area contributed by atoms with Gasteiger partial charge in [0.1, 0.15) is 0 Å². The summed E-state index contributed by atoms with van der Waals surface area (Å²) in [4.78, 5) is 0. The van der Waals surface area contributed by atoms with Gasteiger partial charge in [-0.25, -0.2) is 0 Å². The van der Waals surface area contributed by atoms with Crippen molar-refractivity contribution in [3.05, 3.63) is 35.4 Å². The minimum Gasteiger partial charge on any atom is -0.0692 e. The van der Waals surface area contributed by atoms with E-state index in [-0.39, 0.29) is 0 Å². The van der Waals surface area contributed by atoms with Gasteiger partial charge in [-0.1, -0.05) is 76.5 Å². The van der Waals surface area contributed by atoms with Crippen LogP contribution in [0.3, 0.4) is 0 Å². The normalized spacial score (nSPS) is 21.9. The lowest BCUT2D eigenvalue weighted by atomic mass is 10.1. The van der Waals surface area contributed by atoms with E-state index < -0.39 is 8.07 Å². The maximum absolute atomic E-state index is 2.54. The highest BCUT2D eigenvalue weighted by molar-refractivity contribution is 6.78. The van der Waals surface area contributed by atoms with Crippen LogP contribution in [0.1, 0.15) is 44.2 Å². The Labute approximate surface area is 115 Å². The van der Waals surface area contributed by atoms with Gasteiger partial charge in [0.25, 0.3) is 0 Å². The zero-order chi connectivity index (χ0) is 13.6. The second-order valence-corrected chi connectivity index (χ2v) is 11.9. The van der Waals surface area contributed by atoms with E-state index in [0.29, 0.717) is 0 Å². The zero-order valence-electron chi connectivity index (χ0n) is 12.9. The molecule has 1 unspecified atom stereocenters. The van der Waals surface area contributed by atoms with Crippen molar-refractivity contribution >= 4 is 8.07 Å². The van der Waals surface area contributed by atoms with Crippen molar-refractivity contribution in [1.29, 1.82) is 0 Å². The third kappa shape index (κ3) is 4.60. The van der Waals surface area contributed by atoms with Gasteiger partial charge < -0.3 is 0 Å². The van der Waals surface area contributed by atoms with Crippen LogP contribution in [0.5, 0.6) is 0 Å². The Bertz CT molecular complexity index is 354. The van der Waals surface area contributed by atoms with E-state index in [0.717, 1.165) is 12.0 Å². The molecule has 1 aliphatic heterocycles. The third-order valence-corrected chi connectivity index (χ3v) is 9.28. The van der Waals surface area contributed by atoms with Crippen molar-refractivity contribution in [3.8, 4) is 0 Å². The van der Waals surface area contributed by atoms with E-state index in [1.807, 2.05) is 0 Å². The monoisotopic (exact) mass is 262 g/mol. The van der Waals surface area contributed by atoms with Crippen molar-refractivity contribution in [1.82, 2.24) is 0 Å². The lowest BCUT2D eigenvalue weighted by Gasteiger charge is -2.34. The van der Waals surface area contributed by atoms with E-state index in [2.05, 4.69) is 58.1 Å². The summed E-state index contributed by atoms with van der Waals surface area (Å²) in [7, 11) is -0.694. The SMILES string of the molecule is CC1CCCC[Si]1(C)C.CCc1ccccc1C. The van der Waals surface area contributed by atoms with Crippen LogP contribution in [0.25, 0.3) is 0 Å². The van der Waals surface area contributed by atoms with Gasteiger partial charge in [-0.15, -0.1) is 0 Å².